The zero-order valence-electron chi connectivity index (χ0n) is 37.5. The number of allylic oxidation sites excluding steroid dienone is 1. The van der Waals surface area contributed by atoms with Gasteiger partial charge in [0.1, 0.15) is 6.10 Å². The van der Waals surface area contributed by atoms with E-state index in [0.717, 1.165) is 63.4 Å². The Morgan fingerprint density at radius 2 is 0.897 bits per heavy atom. The van der Waals surface area contributed by atoms with Gasteiger partial charge in [-0.15, -0.1) is 0 Å². The van der Waals surface area contributed by atoms with Crippen LogP contribution in [0.4, 0.5) is 0 Å². The van der Waals surface area contributed by atoms with Gasteiger partial charge in [-0.25, -0.2) is 4.79 Å². The van der Waals surface area contributed by atoms with Crippen molar-refractivity contribution in [2.24, 2.45) is 5.41 Å². The summed E-state index contributed by atoms with van der Waals surface area (Å²) < 4.78 is 18.3. The lowest BCUT2D eigenvalue weighted by molar-refractivity contribution is -0.303. The number of cyclic esters (lactones) is 1. The Kier molecular flexibility index (Phi) is 26.0. The Bertz CT molecular complexity index is 1110. The van der Waals surface area contributed by atoms with E-state index < -0.39 is 48.5 Å². The van der Waals surface area contributed by atoms with Crippen LogP contribution in [0.5, 0.6) is 0 Å². The largest absolute Gasteiger partial charge is 0.459 e. The molecule has 10 atom stereocenters. The molecular formula is C47H88O11. The van der Waals surface area contributed by atoms with Crippen LogP contribution in [0.25, 0.3) is 0 Å². The fourth-order valence-corrected chi connectivity index (χ4v) is 8.64. The number of rotatable bonds is 0. The SMILES string of the molecule is C/C1=C/C(=O)O[C@H](C(C)(C)C)CCC[C@H](O)CCC[C@H](O)CCC[C@H](O)CCC[C@@H]2C[C@H](C[C@H](O)CCC[C@@H](O)CCC[C@@H](O)C[C@@H](O)CCCCC1)OC(C)(C)O2. The lowest BCUT2D eigenvalue weighted by Gasteiger charge is -2.41. The third-order valence-electron chi connectivity index (χ3n) is 12.1. The highest BCUT2D eigenvalue weighted by Gasteiger charge is 2.36. The van der Waals surface area contributed by atoms with E-state index in [1.807, 2.05) is 20.8 Å². The maximum atomic E-state index is 12.8. The lowest BCUT2D eigenvalue weighted by Crippen LogP contribution is -2.45. The molecule has 11 nitrogen and oxygen atoms in total. The number of aliphatic hydroxyl groups is 7. The molecule has 0 aromatic rings. The fraction of sp³-hybridized carbons (Fsp3) is 0.936. The van der Waals surface area contributed by atoms with Gasteiger partial charge in [-0.2, -0.15) is 0 Å². The highest BCUT2D eigenvalue weighted by atomic mass is 16.7. The molecule has 0 aromatic carbocycles. The third kappa shape index (κ3) is 25.6. The van der Waals surface area contributed by atoms with E-state index in [-0.39, 0.29) is 29.7 Å². The molecule has 1 fully saturated rings. The summed E-state index contributed by atoms with van der Waals surface area (Å²) in [6.07, 6.45) is 14.8. The van der Waals surface area contributed by atoms with Crippen molar-refractivity contribution in [3.05, 3.63) is 11.6 Å². The van der Waals surface area contributed by atoms with Gasteiger partial charge in [0.05, 0.1) is 54.9 Å². The number of ether oxygens (including phenoxy) is 3. The van der Waals surface area contributed by atoms with Crippen LogP contribution in [0.1, 0.15) is 208 Å². The molecule has 0 spiro atoms. The Hall–Kier alpha value is -1.15. The smallest absolute Gasteiger partial charge is 0.330 e. The number of esters is 1. The van der Waals surface area contributed by atoms with Crippen LogP contribution in [0.3, 0.4) is 0 Å². The van der Waals surface area contributed by atoms with E-state index >= 15 is 0 Å². The monoisotopic (exact) mass is 829 g/mol. The molecule has 7 N–H and O–H groups in total. The number of hydrogen-bond acceptors (Lipinski definition) is 11. The van der Waals surface area contributed by atoms with Crippen LogP contribution < -0.4 is 0 Å². The summed E-state index contributed by atoms with van der Waals surface area (Å²) in [6, 6.07) is 0. The van der Waals surface area contributed by atoms with Gasteiger partial charge in [-0.3, -0.25) is 0 Å². The van der Waals surface area contributed by atoms with Gasteiger partial charge >= 0.3 is 5.97 Å². The van der Waals surface area contributed by atoms with E-state index in [1.165, 1.54) is 0 Å². The highest BCUT2D eigenvalue weighted by Crippen LogP contribution is 2.32. The van der Waals surface area contributed by atoms with E-state index in [0.29, 0.717) is 109 Å². The Morgan fingerprint density at radius 1 is 0.500 bits per heavy atom. The number of fused-ring (bicyclic) bond motifs is 2. The summed E-state index contributed by atoms with van der Waals surface area (Å²) in [4.78, 5) is 12.8. The van der Waals surface area contributed by atoms with E-state index in [2.05, 4.69) is 20.8 Å². The van der Waals surface area contributed by atoms with Crippen LogP contribution in [0, 0.1) is 5.41 Å². The van der Waals surface area contributed by atoms with Gasteiger partial charge in [-0.1, -0.05) is 39.2 Å². The zero-order chi connectivity index (χ0) is 43.1. The Labute approximate surface area is 352 Å². The Morgan fingerprint density at radius 3 is 1.38 bits per heavy atom. The van der Waals surface area contributed by atoms with Crippen molar-refractivity contribution in [2.75, 3.05) is 0 Å². The van der Waals surface area contributed by atoms with Gasteiger partial charge in [0.25, 0.3) is 0 Å². The fourth-order valence-electron chi connectivity index (χ4n) is 8.64. The summed E-state index contributed by atoms with van der Waals surface area (Å²) in [6.45, 7) is 11.9. The van der Waals surface area contributed by atoms with E-state index in [9.17, 15) is 40.5 Å². The molecule has 2 rings (SSSR count). The first-order valence-electron chi connectivity index (χ1n) is 23.3. The first kappa shape index (κ1) is 53.0. The maximum absolute atomic E-state index is 12.8. The summed E-state index contributed by atoms with van der Waals surface area (Å²) >= 11 is 0. The number of carbonyl (C=O) groups excluding carboxylic acids is 1. The standard InChI is InChI=1S/C47H88O11/c1-34-16-8-7-9-17-39(52)31-40(53)26-12-22-36(49)23-13-27-41(54)32-43-33-42(57-47(5,6)58-43)28-14-24-37(50)20-10-18-35(48)19-11-21-38(51)25-15-29-44(46(2,3)4)56-45(55)30-34/h30,35-44,48-54H,7-29,31-33H2,1-6H3/b34-30-/t35-,36+,37+,38-,39+,40-,41-,42-,43+,44+/m1/s1. The normalized spacial score (nSPS) is 36.1. The minimum absolute atomic E-state index is 0.0252. The summed E-state index contributed by atoms with van der Waals surface area (Å²) in [5, 5.41) is 74.2. The predicted octanol–water partition coefficient (Wildman–Crippen LogP) is 8.09. The number of carbonyl (C=O) groups is 1. The molecule has 0 radical (unpaired) electrons. The van der Waals surface area contributed by atoms with Crippen molar-refractivity contribution >= 4 is 5.97 Å². The number of aliphatic hydroxyl groups excluding tert-OH is 7. The molecule has 11 heteroatoms. The molecule has 2 aliphatic heterocycles. The van der Waals surface area contributed by atoms with E-state index in [1.54, 1.807) is 6.08 Å². The highest BCUT2D eigenvalue weighted by molar-refractivity contribution is 5.82. The van der Waals surface area contributed by atoms with Gasteiger partial charge in [0.15, 0.2) is 5.79 Å². The molecular weight excluding hydrogens is 741 g/mol. The average Bonchev–Trinajstić information content (AvgIpc) is 3.09. The van der Waals surface area contributed by atoms with Crippen LogP contribution >= 0.6 is 0 Å². The lowest BCUT2D eigenvalue weighted by atomic mass is 9.85. The quantitative estimate of drug-likeness (QED) is 0.117. The van der Waals surface area contributed by atoms with Crippen LogP contribution in [-0.2, 0) is 19.0 Å². The second kappa shape index (κ2) is 28.5. The topological polar surface area (TPSA) is 186 Å². The summed E-state index contributed by atoms with van der Waals surface area (Å²) in [5.41, 5.74) is 0.713. The van der Waals surface area contributed by atoms with E-state index in [4.69, 9.17) is 14.2 Å². The van der Waals surface area contributed by atoms with Crippen LogP contribution in [-0.4, -0.2) is 109 Å². The molecule has 2 aliphatic rings. The van der Waals surface area contributed by atoms with Crippen molar-refractivity contribution < 1.29 is 54.8 Å². The van der Waals surface area contributed by atoms with Gasteiger partial charge in [-0.05, 0) is 174 Å². The predicted molar refractivity (Wildman–Crippen MR) is 229 cm³/mol. The van der Waals surface area contributed by atoms with Crippen molar-refractivity contribution in [3.8, 4) is 0 Å². The van der Waals surface area contributed by atoms with Crippen LogP contribution in [0.15, 0.2) is 11.6 Å². The molecule has 2 heterocycles. The molecule has 58 heavy (non-hydrogen) atoms. The second-order valence-corrected chi connectivity index (χ2v) is 19.6. The average molecular weight is 829 g/mol. The minimum atomic E-state index is -0.760. The third-order valence-corrected chi connectivity index (χ3v) is 12.1. The molecule has 0 amide bonds. The Balaban J connectivity index is 1.91. The van der Waals surface area contributed by atoms with Crippen LogP contribution in [0.2, 0.25) is 0 Å². The van der Waals surface area contributed by atoms with Gasteiger partial charge in [0, 0.05) is 12.5 Å². The summed E-state index contributed by atoms with van der Waals surface area (Å²) in [7, 11) is 0. The molecule has 1 saturated heterocycles. The molecule has 0 unspecified atom stereocenters. The molecule has 2 bridgehead atoms. The first-order valence-corrected chi connectivity index (χ1v) is 23.3. The van der Waals surface area contributed by atoms with Crippen molar-refractivity contribution in [1.29, 1.82) is 0 Å². The maximum Gasteiger partial charge on any atom is 0.330 e. The molecule has 0 saturated carbocycles. The van der Waals surface area contributed by atoms with Crippen molar-refractivity contribution in [2.45, 2.75) is 275 Å². The number of hydrogen-bond donors (Lipinski definition) is 7. The van der Waals surface area contributed by atoms with Crippen molar-refractivity contribution in [1.82, 2.24) is 0 Å². The van der Waals surface area contributed by atoms with Gasteiger partial charge in [0.2, 0.25) is 0 Å². The summed E-state index contributed by atoms with van der Waals surface area (Å²) in [5.74, 6) is -1.10. The van der Waals surface area contributed by atoms with Crippen molar-refractivity contribution in [3.63, 3.8) is 0 Å². The molecule has 0 aromatic heterocycles. The minimum Gasteiger partial charge on any atom is -0.459 e. The molecule has 342 valence electrons. The first-order chi connectivity index (χ1) is 27.3. The second-order valence-electron chi connectivity index (χ2n) is 19.6. The molecule has 0 aliphatic carbocycles. The van der Waals surface area contributed by atoms with Gasteiger partial charge < -0.3 is 50.0 Å². The zero-order valence-corrected chi connectivity index (χ0v) is 37.5.